The van der Waals surface area contributed by atoms with Crippen molar-refractivity contribution in [2.75, 3.05) is 10.7 Å². The van der Waals surface area contributed by atoms with Crippen molar-refractivity contribution >= 4 is 45.9 Å². The van der Waals surface area contributed by atoms with Crippen LogP contribution in [0.3, 0.4) is 0 Å². The first-order valence-electron chi connectivity index (χ1n) is 10.2. The summed E-state index contributed by atoms with van der Waals surface area (Å²) < 4.78 is 1.64. The molecular weight excluding hydrogens is 442 g/mol. The van der Waals surface area contributed by atoms with Crippen LogP contribution in [0.15, 0.2) is 71.5 Å². The molecular formula is C25H20ClN3O2S. The minimum atomic E-state index is -0.220. The fourth-order valence-electron chi connectivity index (χ4n) is 4.14. The molecule has 1 aromatic heterocycles. The Morgan fingerprint density at radius 1 is 1.00 bits per heavy atom. The Morgan fingerprint density at radius 3 is 2.53 bits per heavy atom. The lowest BCUT2D eigenvalue weighted by Gasteiger charge is -2.25. The summed E-state index contributed by atoms with van der Waals surface area (Å²) in [7, 11) is 0. The van der Waals surface area contributed by atoms with Crippen LogP contribution in [0.25, 0.3) is 16.6 Å². The quantitative estimate of drug-likeness (QED) is 0.408. The number of aryl methyl sites for hydroxylation is 2. The molecule has 1 amide bonds. The number of carbonyl (C=O) groups is 1. The van der Waals surface area contributed by atoms with Gasteiger partial charge < -0.3 is 0 Å². The van der Waals surface area contributed by atoms with E-state index < -0.39 is 0 Å². The van der Waals surface area contributed by atoms with Crippen molar-refractivity contribution < 1.29 is 4.79 Å². The Hall–Kier alpha value is -3.09. The van der Waals surface area contributed by atoms with E-state index in [9.17, 15) is 9.59 Å². The summed E-state index contributed by atoms with van der Waals surface area (Å²) in [6.07, 6.45) is 0. The van der Waals surface area contributed by atoms with E-state index in [1.54, 1.807) is 15.5 Å². The smallest absolute Gasteiger partial charge is 0.265 e. The van der Waals surface area contributed by atoms with E-state index in [1.165, 1.54) is 11.8 Å². The second kappa shape index (κ2) is 8.11. The number of benzene rings is 3. The third-order valence-electron chi connectivity index (χ3n) is 5.69. The van der Waals surface area contributed by atoms with Crippen molar-refractivity contribution in [1.29, 1.82) is 0 Å². The lowest BCUT2D eigenvalue weighted by atomic mass is 10.1. The third-order valence-corrected chi connectivity index (χ3v) is 7.23. The molecule has 1 fully saturated rings. The highest BCUT2D eigenvalue weighted by molar-refractivity contribution is 8.00. The monoisotopic (exact) mass is 461 g/mol. The molecule has 2 heterocycles. The molecule has 5 rings (SSSR count). The van der Waals surface area contributed by atoms with Gasteiger partial charge in [0, 0.05) is 16.3 Å². The number of hydrogen-bond donors (Lipinski definition) is 0. The molecule has 32 heavy (non-hydrogen) atoms. The molecule has 0 N–H and O–H groups in total. The summed E-state index contributed by atoms with van der Waals surface area (Å²) in [5.74, 6) is 0.970. The molecule has 0 aliphatic carbocycles. The van der Waals surface area contributed by atoms with Crippen LogP contribution in [-0.4, -0.2) is 21.2 Å². The van der Waals surface area contributed by atoms with Gasteiger partial charge in [-0.05, 0) is 49.7 Å². The molecule has 7 heteroatoms. The molecule has 160 valence electrons. The Balaban J connectivity index is 1.63. The number of hydrogen-bond acceptors (Lipinski definition) is 4. The standard InChI is InChI=1S/C25H20ClN3O2S/c1-15-7-3-6-10-22(15)28-16(2)27-21-13-17(11-12-19(21)24(28)31)29-23(30)14-32-25(29)18-8-4-5-9-20(18)26/h3-13,25H,14H2,1-2H3. The van der Waals surface area contributed by atoms with E-state index in [2.05, 4.69) is 0 Å². The van der Waals surface area contributed by atoms with E-state index in [-0.39, 0.29) is 16.8 Å². The Morgan fingerprint density at radius 2 is 1.75 bits per heavy atom. The van der Waals surface area contributed by atoms with Gasteiger partial charge in [0.2, 0.25) is 5.91 Å². The van der Waals surface area contributed by atoms with Crippen molar-refractivity contribution in [3.05, 3.63) is 99.1 Å². The van der Waals surface area contributed by atoms with E-state index in [0.29, 0.717) is 33.2 Å². The summed E-state index contributed by atoms with van der Waals surface area (Å²) >= 11 is 7.96. The lowest BCUT2D eigenvalue weighted by molar-refractivity contribution is -0.115. The first-order valence-corrected chi connectivity index (χ1v) is 11.7. The molecule has 0 bridgehead atoms. The van der Waals surface area contributed by atoms with Crippen molar-refractivity contribution in [3.63, 3.8) is 0 Å². The van der Waals surface area contributed by atoms with Crippen LogP contribution in [0, 0.1) is 13.8 Å². The predicted octanol–water partition coefficient (Wildman–Crippen LogP) is 5.43. The zero-order chi connectivity index (χ0) is 22.4. The second-order valence-corrected chi connectivity index (χ2v) is 9.21. The van der Waals surface area contributed by atoms with Crippen LogP contribution in [0.4, 0.5) is 5.69 Å². The summed E-state index contributed by atoms with van der Waals surface area (Å²) in [6, 6.07) is 20.7. The minimum absolute atomic E-state index is 0.00393. The molecule has 1 saturated heterocycles. The largest absolute Gasteiger partial charge is 0.295 e. The van der Waals surface area contributed by atoms with Crippen LogP contribution >= 0.6 is 23.4 Å². The highest BCUT2D eigenvalue weighted by Gasteiger charge is 2.35. The van der Waals surface area contributed by atoms with Gasteiger partial charge in [0.25, 0.3) is 5.56 Å². The van der Waals surface area contributed by atoms with Crippen LogP contribution in [-0.2, 0) is 4.79 Å². The topological polar surface area (TPSA) is 55.2 Å². The number of thioether (sulfide) groups is 1. The predicted molar refractivity (Wildman–Crippen MR) is 131 cm³/mol. The number of fused-ring (bicyclic) bond motifs is 1. The van der Waals surface area contributed by atoms with E-state index in [0.717, 1.165) is 16.8 Å². The van der Waals surface area contributed by atoms with E-state index in [4.69, 9.17) is 16.6 Å². The maximum absolute atomic E-state index is 13.4. The lowest BCUT2D eigenvalue weighted by Crippen LogP contribution is -2.28. The fourth-order valence-corrected chi connectivity index (χ4v) is 5.66. The van der Waals surface area contributed by atoms with Crippen molar-refractivity contribution in [2.45, 2.75) is 19.2 Å². The zero-order valence-electron chi connectivity index (χ0n) is 17.6. The fraction of sp³-hybridized carbons (Fsp3) is 0.160. The Labute approximate surface area is 194 Å². The Kier molecular flexibility index (Phi) is 5.27. The number of rotatable bonds is 3. The van der Waals surface area contributed by atoms with Gasteiger partial charge in [0.1, 0.15) is 11.2 Å². The van der Waals surface area contributed by atoms with Gasteiger partial charge in [0.15, 0.2) is 0 Å². The number of para-hydroxylation sites is 1. The summed E-state index contributed by atoms with van der Waals surface area (Å²) in [5, 5.41) is 0.916. The molecule has 0 spiro atoms. The van der Waals surface area contributed by atoms with Crippen LogP contribution in [0.1, 0.15) is 22.3 Å². The average molecular weight is 462 g/mol. The molecule has 1 aliphatic rings. The van der Waals surface area contributed by atoms with Gasteiger partial charge in [-0.15, -0.1) is 11.8 Å². The maximum Gasteiger partial charge on any atom is 0.265 e. The third kappa shape index (κ3) is 3.40. The van der Waals surface area contributed by atoms with Crippen LogP contribution in [0.5, 0.6) is 0 Å². The molecule has 1 unspecified atom stereocenters. The maximum atomic E-state index is 13.4. The molecule has 4 aromatic rings. The molecule has 1 atom stereocenters. The van der Waals surface area contributed by atoms with E-state index >= 15 is 0 Å². The van der Waals surface area contributed by atoms with Gasteiger partial charge in [-0.3, -0.25) is 19.1 Å². The van der Waals surface area contributed by atoms with Crippen LogP contribution in [0.2, 0.25) is 5.02 Å². The zero-order valence-corrected chi connectivity index (χ0v) is 19.2. The number of nitrogens with zero attached hydrogens (tertiary/aromatic N) is 3. The second-order valence-electron chi connectivity index (χ2n) is 7.74. The van der Waals surface area contributed by atoms with Crippen molar-refractivity contribution in [1.82, 2.24) is 9.55 Å². The SMILES string of the molecule is Cc1ccccc1-n1c(C)nc2cc(N3C(=O)CSC3c3ccccc3Cl)ccc2c1=O. The first-order chi connectivity index (χ1) is 15.5. The summed E-state index contributed by atoms with van der Waals surface area (Å²) in [5.41, 5.74) is 3.85. The number of carbonyl (C=O) groups excluding carboxylic acids is 1. The van der Waals surface area contributed by atoms with Gasteiger partial charge >= 0.3 is 0 Å². The van der Waals surface area contributed by atoms with Crippen molar-refractivity contribution in [2.24, 2.45) is 0 Å². The minimum Gasteiger partial charge on any atom is -0.295 e. The number of amides is 1. The summed E-state index contributed by atoms with van der Waals surface area (Å²) in [4.78, 5) is 32.6. The Bertz CT molecular complexity index is 1430. The van der Waals surface area contributed by atoms with Gasteiger partial charge in [0.05, 0.1) is 22.3 Å². The molecule has 1 aliphatic heterocycles. The summed E-state index contributed by atoms with van der Waals surface area (Å²) in [6.45, 7) is 3.80. The number of anilines is 1. The molecule has 0 saturated carbocycles. The molecule has 3 aromatic carbocycles. The van der Waals surface area contributed by atoms with Crippen molar-refractivity contribution in [3.8, 4) is 5.69 Å². The average Bonchev–Trinajstić information content (AvgIpc) is 3.16. The van der Waals surface area contributed by atoms with Gasteiger partial charge in [-0.2, -0.15) is 0 Å². The highest BCUT2D eigenvalue weighted by atomic mass is 35.5. The first kappa shape index (κ1) is 20.8. The van der Waals surface area contributed by atoms with Crippen LogP contribution < -0.4 is 10.5 Å². The molecule has 0 radical (unpaired) electrons. The normalized spacial score (nSPS) is 16.2. The highest BCUT2D eigenvalue weighted by Crippen LogP contribution is 2.44. The molecule has 5 nitrogen and oxygen atoms in total. The van der Waals surface area contributed by atoms with Gasteiger partial charge in [-0.25, -0.2) is 4.98 Å². The number of halogens is 1. The van der Waals surface area contributed by atoms with Gasteiger partial charge in [-0.1, -0.05) is 48.0 Å². The number of aromatic nitrogens is 2. The van der Waals surface area contributed by atoms with E-state index in [1.807, 2.05) is 74.5 Å².